The van der Waals surface area contributed by atoms with Crippen LogP contribution < -0.4 is 10.6 Å². The Balaban J connectivity index is 0.00000243. The van der Waals surface area contributed by atoms with Crippen molar-refractivity contribution in [3.63, 3.8) is 0 Å². The minimum absolute atomic E-state index is 0. The fraction of sp³-hybridized carbons (Fsp3) is 0.500. The molecule has 142 valence electrons. The lowest BCUT2D eigenvalue weighted by Crippen LogP contribution is -2.39. The van der Waals surface area contributed by atoms with Crippen molar-refractivity contribution in [2.24, 2.45) is 4.99 Å². The Labute approximate surface area is 173 Å². The van der Waals surface area contributed by atoms with Crippen LogP contribution in [0, 0.1) is 13.8 Å². The summed E-state index contributed by atoms with van der Waals surface area (Å²) < 4.78 is 5.22. The number of halogens is 1. The predicted molar refractivity (Wildman–Crippen MR) is 116 cm³/mol. The van der Waals surface area contributed by atoms with Crippen LogP contribution in [0.1, 0.15) is 53.8 Å². The SMILES string of the molecule is CCNC(=NCc1c(C)noc1C)NCC1CCCc2ccccc21.I. The topological polar surface area (TPSA) is 62.5 Å². The first kappa shape index (κ1) is 20.7. The zero-order valence-corrected chi connectivity index (χ0v) is 18.2. The first-order valence-corrected chi connectivity index (χ1v) is 9.20. The summed E-state index contributed by atoms with van der Waals surface area (Å²) in [5, 5.41) is 10.9. The van der Waals surface area contributed by atoms with E-state index in [2.05, 4.69) is 47.0 Å². The van der Waals surface area contributed by atoms with Gasteiger partial charge >= 0.3 is 0 Å². The number of aryl methyl sites for hydroxylation is 3. The molecular formula is C20H29IN4O. The van der Waals surface area contributed by atoms with E-state index in [0.29, 0.717) is 12.5 Å². The molecule has 0 aliphatic heterocycles. The van der Waals surface area contributed by atoms with E-state index in [1.165, 1.54) is 30.4 Å². The molecule has 0 fully saturated rings. The maximum atomic E-state index is 5.22. The minimum Gasteiger partial charge on any atom is -0.361 e. The summed E-state index contributed by atoms with van der Waals surface area (Å²) in [7, 11) is 0. The molecule has 2 aromatic rings. The molecule has 1 unspecified atom stereocenters. The number of aromatic nitrogens is 1. The van der Waals surface area contributed by atoms with E-state index < -0.39 is 0 Å². The van der Waals surface area contributed by atoms with E-state index >= 15 is 0 Å². The van der Waals surface area contributed by atoms with Crippen LogP contribution in [0.15, 0.2) is 33.8 Å². The molecule has 1 aromatic heterocycles. The van der Waals surface area contributed by atoms with Crippen LogP contribution in [-0.4, -0.2) is 24.2 Å². The summed E-state index contributed by atoms with van der Waals surface area (Å²) in [5.74, 6) is 2.25. The van der Waals surface area contributed by atoms with E-state index in [9.17, 15) is 0 Å². The number of benzene rings is 1. The van der Waals surface area contributed by atoms with Gasteiger partial charge in [0, 0.05) is 24.6 Å². The lowest BCUT2D eigenvalue weighted by molar-refractivity contribution is 0.392. The maximum absolute atomic E-state index is 5.22. The third-order valence-electron chi connectivity index (χ3n) is 4.93. The highest BCUT2D eigenvalue weighted by Gasteiger charge is 2.19. The number of hydrogen-bond donors (Lipinski definition) is 2. The molecule has 26 heavy (non-hydrogen) atoms. The van der Waals surface area contributed by atoms with E-state index in [0.717, 1.165) is 36.1 Å². The molecule has 0 spiro atoms. The van der Waals surface area contributed by atoms with Gasteiger partial charge in [-0.2, -0.15) is 0 Å². The van der Waals surface area contributed by atoms with Gasteiger partial charge in [0.1, 0.15) is 5.76 Å². The van der Waals surface area contributed by atoms with Crippen LogP contribution >= 0.6 is 24.0 Å². The molecule has 0 bridgehead atoms. The van der Waals surface area contributed by atoms with Crippen LogP contribution in [0.3, 0.4) is 0 Å². The van der Waals surface area contributed by atoms with Gasteiger partial charge in [0.15, 0.2) is 5.96 Å². The normalized spacial score (nSPS) is 16.6. The van der Waals surface area contributed by atoms with Crippen molar-refractivity contribution in [1.29, 1.82) is 0 Å². The molecule has 3 rings (SSSR count). The van der Waals surface area contributed by atoms with Crippen molar-refractivity contribution in [2.45, 2.75) is 52.5 Å². The van der Waals surface area contributed by atoms with E-state index in [1.54, 1.807) is 0 Å². The van der Waals surface area contributed by atoms with Crippen molar-refractivity contribution in [1.82, 2.24) is 15.8 Å². The van der Waals surface area contributed by atoms with Gasteiger partial charge in [0.25, 0.3) is 0 Å². The molecule has 1 aliphatic rings. The van der Waals surface area contributed by atoms with Crippen LogP contribution in [0.2, 0.25) is 0 Å². The summed E-state index contributed by atoms with van der Waals surface area (Å²) in [6, 6.07) is 8.82. The van der Waals surface area contributed by atoms with Crippen LogP contribution in [0.5, 0.6) is 0 Å². The molecule has 0 radical (unpaired) electrons. The number of aliphatic imine (C=N–C) groups is 1. The van der Waals surface area contributed by atoms with Gasteiger partial charge in [-0.25, -0.2) is 4.99 Å². The highest BCUT2D eigenvalue weighted by Crippen LogP contribution is 2.30. The van der Waals surface area contributed by atoms with Crippen molar-refractivity contribution in [2.75, 3.05) is 13.1 Å². The molecule has 0 amide bonds. The fourth-order valence-electron chi connectivity index (χ4n) is 3.51. The van der Waals surface area contributed by atoms with Crippen LogP contribution in [0.4, 0.5) is 0 Å². The molecule has 6 heteroatoms. The Kier molecular flexibility index (Phi) is 7.93. The van der Waals surface area contributed by atoms with E-state index in [-0.39, 0.29) is 24.0 Å². The standard InChI is InChI=1S/C20H28N4O.HI/c1-4-21-20(23-13-19-14(2)24-25-15(19)3)22-12-17-10-7-9-16-8-5-6-11-18(16)17;/h5-6,8,11,17H,4,7,9-10,12-13H2,1-3H3,(H2,21,22,23);1H. The largest absolute Gasteiger partial charge is 0.361 e. The molecule has 5 nitrogen and oxygen atoms in total. The number of guanidine groups is 1. The second kappa shape index (κ2) is 9.94. The van der Waals surface area contributed by atoms with Gasteiger partial charge in [-0.1, -0.05) is 29.4 Å². The summed E-state index contributed by atoms with van der Waals surface area (Å²) in [4.78, 5) is 4.71. The van der Waals surface area contributed by atoms with E-state index in [4.69, 9.17) is 9.52 Å². The molecule has 1 aliphatic carbocycles. The number of nitrogens with zero attached hydrogens (tertiary/aromatic N) is 2. The average molecular weight is 468 g/mol. The van der Waals surface area contributed by atoms with Gasteiger partial charge in [0.05, 0.1) is 12.2 Å². The van der Waals surface area contributed by atoms with Crippen molar-refractivity contribution >= 4 is 29.9 Å². The quantitative estimate of drug-likeness (QED) is 0.395. The summed E-state index contributed by atoms with van der Waals surface area (Å²) in [6.45, 7) is 8.31. The molecule has 1 atom stereocenters. The highest BCUT2D eigenvalue weighted by atomic mass is 127. The van der Waals surface area contributed by atoms with Crippen molar-refractivity contribution in [3.8, 4) is 0 Å². The van der Waals surface area contributed by atoms with Gasteiger partial charge < -0.3 is 15.2 Å². The maximum Gasteiger partial charge on any atom is 0.191 e. The van der Waals surface area contributed by atoms with Crippen molar-refractivity contribution in [3.05, 3.63) is 52.4 Å². The molecule has 1 aromatic carbocycles. The number of nitrogens with one attached hydrogen (secondary N) is 2. The smallest absolute Gasteiger partial charge is 0.191 e. The van der Waals surface area contributed by atoms with Crippen LogP contribution in [-0.2, 0) is 13.0 Å². The first-order valence-electron chi connectivity index (χ1n) is 9.20. The third kappa shape index (κ3) is 4.99. The highest BCUT2D eigenvalue weighted by molar-refractivity contribution is 14.0. The Hall–Kier alpha value is -1.57. The van der Waals surface area contributed by atoms with Crippen LogP contribution in [0.25, 0.3) is 0 Å². The van der Waals surface area contributed by atoms with Gasteiger partial charge in [0.2, 0.25) is 0 Å². The zero-order chi connectivity index (χ0) is 17.6. The molecule has 1 heterocycles. The number of fused-ring (bicyclic) bond motifs is 1. The van der Waals surface area contributed by atoms with Crippen molar-refractivity contribution < 1.29 is 4.52 Å². The zero-order valence-electron chi connectivity index (χ0n) is 15.8. The lowest BCUT2D eigenvalue weighted by atomic mass is 9.83. The first-order chi connectivity index (χ1) is 12.2. The average Bonchev–Trinajstić information content (AvgIpc) is 2.95. The Morgan fingerprint density at radius 2 is 2.08 bits per heavy atom. The minimum atomic E-state index is 0. The van der Waals surface area contributed by atoms with Gasteiger partial charge in [-0.3, -0.25) is 0 Å². The fourth-order valence-corrected chi connectivity index (χ4v) is 3.51. The Morgan fingerprint density at radius 1 is 1.27 bits per heavy atom. The van der Waals surface area contributed by atoms with Gasteiger partial charge in [-0.05, 0) is 51.2 Å². The summed E-state index contributed by atoms with van der Waals surface area (Å²) in [6.07, 6.45) is 3.69. The second-order valence-electron chi connectivity index (χ2n) is 6.67. The molecule has 0 saturated heterocycles. The molecule has 2 N–H and O–H groups in total. The summed E-state index contributed by atoms with van der Waals surface area (Å²) >= 11 is 0. The number of hydrogen-bond acceptors (Lipinski definition) is 3. The predicted octanol–water partition coefficient (Wildman–Crippen LogP) is 4.08. The Morgan fingerprint density at radius 3 is 2.81 bits per heavy atom. The van der Waals surface area contributed by atoms with E-state index in [1.807, 2.05) is 13.8 Å². The molecular weight excluding hydrogens is 439 g/mol. The summed E-state index contributed by atoms with van der Waals surface area (Å²) in [5.41, 5.74) is 4.97. The third-order valence-corrected chi connectivity index (χ3v) is 4.93. The second-order valence-corrected chi connectivity index (χ2v) is 6.67. The molecule has 0 saturated carbocycles. The lowest BCUT2D eigenvalue weighted by Gasteiger charge is -2.26. The number of rotatable bonds is 5. The van der Waals surface area contributed by atoms with Gasteiger partial charge in [-0.15, -0.1) is 24.0 Å². The monoisotopic (exact) mass is 468 g/mol. The Bertz CT molecular complexity index is 722.